The van der Waals surface area contributed by atoms with Crippen molar-refractivity contribution in [2.75, 3.05) is 7.11 Å². The number of methoxy groups -OCH3 is 1. The summed E-state index contributed by atoms with van der Waals surface area (Å²) in [4.78, 5) is 4.83. The van der Waals surface area contributed by atoms with Crippen molar-refractivity contribution in [1.29, 1.82) is 0 Å². The lowest BCUT2D eigenvalue weighted by Gasteiger charge is -2.07. The number of aryl methyl sites for hydroxylation is 2. The van der Waals surface area contributed by atoms with E-state index in [1.807, 2.05) is 48.5 Å². The number of para-hydroxylation sites is 1. The molecule has 1 N–H and O–H groups in total. The molecular formula is C23H24ClN5O2. The number of hydrogen-bond acceptors (Lipinski definition) is 6. The second-order valence-corrected chi connectivity index (χ2v) is 7.67. The average Bonchev–Trinajstić information content (AvgIpc) is 3.47. The first kappa shape index (κ1) is 21.1. The van der Waals surface area contributed by atoms with Gasteiger partial charge in [-0.2, -0.15) is 5.21 Å². The number of rotatable bonds is 10. The van der Waals surface area contributed by atoms with E-state index < -0.39 is 0 Å². The Balaban J connectivity index is 1.47. The minimum absolute atomic E-state index is 0.683. The Morgan fingerprint density at radius 2 is 1.74 bits per heavy atom. The van der Waals surface area contributed by atoms with Crippen LogP contribution in [-0.2, 0) is 12.8 Å². The molecule has 31 heavy (non-hydrogen) atoms. The quantitative estimate of drug-likeness (QED) is 0.328. The molecule has 0 amide bonds. The molecule has 0 unspecified atom stereocenters. The molecule has 2 aromatic heterocycles. The fourth-order valence-corrected chi connectivity index (χ4v) is 3.62. The van der Waals surface area contributed by atoms with Gasteiger partial charge in [0.2, 0.25) is 0 Å². The van der Waals surface area contributed by atoms with Crippen LogP contribution in [0.2, 0.25) is 5.02 Å². The Kier molecular flexibility index (Phi) is 6.94. The monoisotopic (exact) mass is 437 g/mol. The molecule has 0 atom stereocenters. The molecule has 160 valence electrons. The lowest BCUT2D eigenvalue weighted by Crippen LogP contribution is -1.91. The number of aromatic amines is 1. The lowest BCUT2D eigenvalue weighted by atomic mass is 10.1. The van der Waals surface area contributed by atoms with Gasteiger partial charge in [-0.3, -0.25) is 0 Å². The molecule has 0 spiro atoms. The number of aromatic nitrogens is 5. The molecule has 2 heterocycles. The number of nitrogens with zero attached hydrogens (tertiary/aromatic N) is 4. The number of ether oxygens (including phenoxy) is 1. The predicted molar refractivity (Wildman–Crippen MR) is 119 cm³/mol. The Labute approximate surface area is 185 Å². The predicted octanol–water partition coefficient (Wildman–Crippen LogP) is 5.53. The SMILES string of the molecule is COc1ccccc1-c1nc(CCCCCCc2nn[nH]n2)oc1-c1ccc(Cl)cc1. The molecule has 4 aromatic rings. The van der Waals surface area contributed by atoms with E-state index in [4.69, 9.17) is 25.7 Å². The highest BCUT2D eigenvalue weighted by atomic mass is 35.5. The Hall–Kier alpha value is -3.19. The molecule has 0 aliphatic rings. The summed E-state index contributed by atoms with van der Waals surface area (Å²) in [5, 5.41) is 14.7. The second kappa shape index (κ2) is 10.2. The van der Waals surface area contributed by atoms with Crippen LogP contribution in [0.15, 0.2) is 52.9 Å². The first-order chi connectivity index (χ1) is 15.2. The van der Waals surface area contributed by atoms with Gasteiger partial charge < -0.3 is 9.15 Å². The van der Waals surface area contributed by atoms with Gasteiger partial charge in [0.15, 0.2) is 17.5 Å². The molecule has 0 radical (unpaired) electrons. The van der Waals surface area contributed by atoms with Crippen molar-refractivity contribution < 1.29 is 9.15 Å². The minimum atomic E-state index is 0.683. The van der Waals surface area contributed by atoms with E-state index in [1.54, 1.807) is 7.11 Å². The average molecular weight is 438 g/mol. The highest BCUT2D eigenvalue weighted by Gasteiger charge is 2.19. The van der Waals surface area contributed by atoms with Crippen LogP contribution in [0.3, 0.4) is 0 Å². The third kappa shape index (κ3) is 5.30. The number of oxazole rings is 1. The summed E-state index contributed by atoms with van der Waals surface area (Å²) in [5.41, 5.74) is 2.63. The van der Waals surface area contributed by atoms with Gasteiger partial charge in [0.05, 0.1) is 7.11 Å². The van der Waals surface area contributed by atoms with Crippen LogP contribution >= 0.6 is 11.6 Å². The minimum Gasteiger partial charge on any atom is -0.496 e. The summed E-state index contributed by atoms with van der Waals surface area (Å²) in [5.74, 6) is 2.98. The normalized spacial score (nSPS) is 11.0. The van der Waals surface area contributed by atoms with Crippen LogP contribution in [0.4, 0.5) is 0 Å². The van der Waals surface area contributed by atoms with E-state index in [2.05, 4.69) is 20.6 Å². The van der Waals surface area contributed by atoms with Crippen LogP contribution < -0.4 is 4.74 Å². The van der Waals surface area contributed by atoms with Crippen LogP contribution in [0.25, 0.3) is 22.6 Å². The largest absolute Gasteiger partial charge is 0.496 e. The third-order valence-electron chi connectivity index (χ3n) is 5.07. The number of H-pyrrole nitrogens is 1. The van der Waals surface area contributed by atoms with E-state index in [0.29, 0.717) is 5.02 Å². The summed E-state index contributed by atoms with van der Waals surface area (Å²) in [7, 11) is 1.66. The Morgan fingerprint density at radius 3 is 2.48 bits per heavy atom. The van der Waals surface area contributed by atoms with Crippen LogP contribution in [-0.4, -0.2) is 32.7 Å². The second-order valence-electron chi connectivity index (χ2n) is 7.23. The van der Waals surface area contributed by atoms with Crippen molar-refractivity contribution >= 4 is 11.6 Å². The molecular weight excluding hydrogens is 414 g/mol. The van der Waals surface area contributed by atoms with Crippen molar-refractivity contribution in [1.82, 2.24) is 25.6 Å². The molecule has 0 saturated heterocycles. The van der Waals surface area contributed by atoms with Gasteiger partial charge >= 0.3 is 0 Å². The number of unbranched alkanes of at least 4 members (excludes halogenated alkanes) is 3. The zero-order chi connectivity index (χ0) is 21.5. The maximum atomic E-state index is 6.22. The van der Waals surface area contributed by atoms with Crippen molar-refractivity contribution in [3.05, 3.63) is 65.3 Å². The van der Waals surface area contributed by atoms with Crippen LogP contribution in [0.5, 0.6) is 5.75 Å². The molecule has 0 saturated carbocycles. The smallest absolute Gasteiger partial charge is 0.195 e. The molecule has 4 rings (SSSR count). The van der Waals surface area contributed by atoms with Crippen molar-refractivity contribution in [3.63, 3.8) is 0 Å². The maximum absolute atomic E-state index is 6.22. The fraction of sp³-hybridized carbons (Fsp3) is 0.304. The molecule has 0 aliphatic carbocycles. The van der Waals surface area contributed by atoms with E-state index in [0.717, 1.165) is 78.6 Å². The first-order valence-electron chi connectivity index (χ1n) is 10.4. The van der Waals surface area contributed by atoms with E-state index >= 15 is 0 Å². The molecule has 8 heteroatoms. The molecule has 2 aromatic carbocycles. The maximum Gasteiger partial charge on any atom is 0.195 e. The topological polar surface area (TPSA) is 89.7 Å². The fourth-order valence-electron chi connectivity index (χ4n) is 3.49. The number of tetrazole rings is 1. The number of benzene rings is 2. The summed E-state index contributed by atoms with van der Waals surface area (Å²) >= 11 is 6.07. The Morgan fingerprint density at radius 1 is 0.968 bits per heavy atom. The van der Waals surface area contributed by atoms with Gasteiger partial charge in [-0.25, -0.2) is 4.98 Å². The summed E-state index contributed by atoms with van der Waals surface area (Å²) in [6, 6.07) is 15.5. The van der Waals surface area contributed by atoms with Gasteiger partial charge in [-0.1, -0.05) is 41.8 Å². The highest BCUT2D eigenvalue weighted by molar-refractivity contribution is 6.30. The van der Waals surface area contributed by atoms with E-state index in [1.165, 1.54) is 0 Å². The van der Waals surface area contributed by atoms with Crippen LogP contribution in [0, 0.1) is 0 Å². The lowest BCUT2D eigenvalue weighted by molar-refractivity contribution is 0.416. The zero-order valence-corrected chi connectivity index (χ0v) is 18.1. The van der Waals surface area contributed by atoms with Crippen molar-refractivity contribution in [2.45, 2.75) is 38.5 Å². The van der Waals surface area contributed by atoms with E-state index in [-0.39, 0.29) is 0 Å². The van der Waals surface area contributed by atoms with Gasteiger partial charge in [-0.05, 0) is 49.2 Å². The first-order valence-corrected chi connectivity index (χ1v) is 10.7. The van der Waals surface area contributed by atoms with Gasteiger partial charge in [-0.15, -0.1) is 10.2 Å². The van der Waals surface area contributed by atoms with Crippen LogP contribution in [0.1, 0.15) is 37.4 Å². The van der Waals surface area contributed by atoms with E-state index in [9.17, 15) is 0 Å². The molecule has 0 aliphatic heterocycles. The summed E-state index contributed by atoms with van der Waals surface area (Å²) in [6.45, 7) is 0. The standard InChI is InChI=1S/C23H24ClN5O2/c1-30-19-9-7-6-8-18(19)22-23(16-12-14-17(24)15-13-16)31-21(25-22)11-5-3-2-4-10-20-26-28-29-27-20/h6-9,12-15H,2-5,10-11H2,1H3,(H,26,27,28,29). The van der Waals surface area contributed by atoms with Crippen molar-refractivity contribution in [3.8, 4) is 28.3 Å². The number of hydrogen-bond donors (Lipinski definition) is 1. The molecule has 7 nitrogen and oxygen atoms in total. The molecule has 0 bridgehead atoms. The highest BCUT2D eigenvalue weighted by Crippen LogP contribution is 2.38. The number of nitrogens with one attached hydrogen (secondary N) is 1. The van der Waals surface area contributed by atoms with Crippen molar-refractivity contribution in [2.24, 2.45) is 0 Å². The van der Waals surface area contributed by atoms with Gasteiger partial charge in [0.1, 0.15) is 11.4 Å². The van der Waals surface area contributed by atoms with Gasteiger partial charge in [0, 0.05) is 29.0 Å². The Bertz CT molecular complexity index is 1090. The summed E-state index contributed by atoms with van der Waals surface area (Å²) < 4.78 is 11.8. The zero-order valence-electron chi connectivity index (χ0n) is 17.3. The summed E-state index contributed by atoms with van der Waals surface area (Å²) in [6.07, 6.45) is 5.83. The van der Waals surface area contributed by atoms with Gasteiger partial charge in [0.25, 0.3) is 0 Å². The number of halogens is 1. The molecule has 0 fully saturated rings. The third-order valence-corrected chi connectivity index (χ3v) is 5.32.